The Balaban J connectivity index is 0.000000248. The molecule has 0 amide bonds. The van der Waals surface area contributed by atoms with Crippen molar-refractivity contribution in [3.8, 4) is 12.8 Å². The number of imidazole rings is 1. The second-order valence-corrected chi connectivity index (χ2v) is 3.85. The largest absolute Gasteiger partial charge is 0.317 e. The van der Waals surface area contributed by atoms with Crippen molar-refractivity contribution in [2.45, 2.75) is 26.7 Å². The molecule has 3 nitrogen and oxygen atoms in total. The lowest BCUT2D eigenvalue weighted by atomic mass is 10.4. The van der Waals surface area contributed by atoms with E-state index in [1.165, 1.54) is 25.9 Å². The number of hydrogen-bond donors (Lipinski definition) is 1. The standard InChI is InChI=1S/C5H4N2S.C4H9N.C2H6.C2H2/c1-2-7-3-4-8-5(7)6-1;1-2-4-5-3-1;2*1-2/h1-4H;5H,1-4H2;1-2H3;1-2H. The van der Waals surface area contributed by atoms with Gasteiger partial charge in [0, 0.05) is 24.0 Å². The molecule has 1 aliphatic heterocycles. The molecule has 3 heterocycles. The van der Waals surface area contributed by atoms with Crippen LogP contribution in [0.2, 0.25) is 0 Å². The molecule has 3 rings (SSSR count). The van der Waals surface area contributed by atoms with E-state index in [0.29, 0.717) is 0 Å². The monoisotopic (exact) mass is 251 g/mol. The molecule has 1 N–H and O–H groups in total. The Morgan fingerprint density at radius 1 is 1.24 bits per heavy atom. The Morgan fingerprint density at radius 3 is 2.35 bits per heavy atom. The van der Waals surface area contributed by atoms with Crippen LogP contribution in [0.4, 0.5) is 0 Å². The van der Waals surface area contributed by atoms with Gasteiger partial charge in [-0.05, 0) is 25.9 Å². The van der Waals surface area contributed by atoms with E-state index >= 15 is 0 Å². The van der Waals surface area contributed by atoms with E-state index in [9.17, 15) is 0 Å². The SMILES string of the molecule is C#C.C1CCNC1.CC.c1cn2ccsc2n1. The van der Waals surface area contributed by atoms with E-state index < -0.39 is 0 Å². The lowest BCUT2D eigenvalue weighted by molar-refractivity contribution is 0.857. The molecule has 0 radical (unpaired) electrons. The average molecular weight is 251 g/mol. The van der Waals surface area contributed by atoms with Crippen molar-refractivity contribution in [3.63, 3.8) is 0 Å². The van der Waals surface area contributed by atoms with Gasteiger partial charge in [0.05, 0.1) is 0 Å². The maximum atomic E-state index is 4.06. The Kier molecular flexibility index (Phi) is 10.3. The third kappa shape index (κ3) is 6.10. The van der Waals surface area contributed by atoms with Gasteiger partial charge in [0.25, 0.3) is 0 Å². The van der Waals surface area contributed by atoms with E-state index in [2.05, 4.69) is 23.1 Å². The maximum Gasteiger partial charge on any atom is 0.193 e. The van der Waals surface area contributed by atoms with Crippen LogP contribution in [-0.4, -0.2) is 22.5 Å². The summed E-state index contributed by atoms with van der Waals surface area (Å²) in [6.45, 7) is 6.50. The molecule has 1 saturated heterocycles. The molecule has 2 aromatic heterocycles. The first-order valence-electron chi connectivity index (χ1n) is 5.87. The van der Waals surface area contributed by atoms with Crippen molar-refractivity contribution in [2.24, 2.45) is 0 Å². The van der Waals surface area contributed by atoms with Gasteiger partial charge in [-0.3, -0.25) is 4.40 Å². The molecule has 0 bridgehead atoms. The van der Waals surface area contributed by atoms with Crippen LogP contribution in [-0.2, 0) is 0 Å². The van der Waals surface area contributed by atoms with Gasteiger partial charge in [0.15, 0.2) is 4.96 Å². The van der Waals surface area contributed by atoms with Crippen LogP contribution < -0.4 is 5.32 Å². The molecule has 1 fully saturated rings. The second-order valence-electron chi connectivity index (χ2n) is 2.98. The van der Waals surface area contributed by atoms with E-state index in [1.54, 1.807) is 17.5 Å². The normalized spacial score (nSPS) is 12.5. The zero-order valence-electron chi connectivity index (χ0n) is 10.6. The summed E-state index contributed by atoms with van der Waals surface area (Å²) in [4.78, 5) is 5.12. The smallest absolute Gasteiger partial charge is 0.193 e. The summed E-state index contributed by atoms with van der Waals surface area (Å²) in [5, 5.41) is 5.24. The molecule has 0 saturated carbocycles. The molecule has 17 heavy (non-hydrogen) atoms. The fourth-order valence-electron chi connectivity index (χ4n) is 1.29. The molecule has 4 heteroatoms. The Hall–Kier alpha value is -1.31. The van der Waals surface area contributed by atoms with Gasteiger partial charge in [0.2, 0.25) is 0 Å². The number of aromatic nitrogens is 2. The number of nitrogens with one attached hydrogen (secondary N) is 1. The fraction of sp³-hybridized carbons (Fsp3) is 0.462. The van der Waals surface area contributed by atoms with Crippen LogP contribution in [0, 0.1) is 12.8 Å². The molecule has 0 atom stereocenters. The minimum absolute atomic E-state index is 1.06. The van der Waals surface area contributed by atoms with Crippen LogP contribution >= 0.6 is 11.3 Å². The zero-order chi connectivity index (χ0) is 12.9. The first-order chi connectivity index (χ1) is 8.47. The highest BCUT2D eigenvalue weighted by molar-refractivity contribution is 7.15. The van der Waals surface area contributed by atoms with Gasteiger partial charge in [-0.25, -0.2) is 4.98 Å². The Bertz CT molecular complexity index is 326. The molecule has 94 valence electrons. The van der Waals surface area contributed by atoms with E-state index in [1.807, 2.05) is 36.0 Å². The van der Waals surface area contributed by atoms with Crippen LogP contribution in [0.3, 0.4) is 0 Å². The van der Waals surface area contributed by atoms with Gasteiger partial charge in [-0.15, -0.1) is 24.2 Å². The number of hydrogen-bond acceptors (Lipinski definition) is 3. The highest BCUT2D eigenvalue weighted by Crippen LogP contribution is 2.06. The van der Waals surface area contributed by atoms with Gasteiger partial charge in [0.1, 0.15) is 0 Å². The lowest BCUT2D eigenvalue weighted by Gasteiger charge is -1.76. The van der Waals surface area contributed by atoms with Crippen molar-refractivity contribution in [2.75, 3.05) is 13.1 Å². The number of rotatable bonds is 0. The third-order valence-electron chi connectivity index (χ3n) is 1.99. The van der Waals surface area contributed by atoms with Crippen molar-refractivity contribution >= 4 is 16.3 Å². The number of thiazole rings is 1. The number of fused-ring (bicyclic) bond motifs is 1. The summed E-state index contributed by atoms with van der Waals surface area (Å²) in [6.07, 6.45) is 16.5. The van der Waals surface area contributed by atoms with Gasteiger partial charge < -0.3 is 5.32 Å². The molecule has 2 aromatic rings. The Labute approximate surface area is 108 Å². The lowest BCUT2D eigenvalue weighted by Crippen LogP contribution is -2.03. The quantitative estimate of drug-likeness (QED) is 0.729. The van der Waals surface area contributed by atoms with Gasteiger partial charge in [-0.1, -0.05) is 13.8 Å². The number of terminal acetylenes is 1. The van der Waals surface area contributed by atoms with Crippen molar-refractivity contribution in [3.05, 3.63) is 24.0 Å². The molecule has 0 aromatic carbocycles. The summed E-state index contributed by atoms with van der Waals surface area (Å²) in [5.41, 5.74) is 0. The zero-order valence-corrected chi connectivity index (χ0v) is 11.4. The van der Waals surface area contributed by atoms with Crippen LogP contribution in [0.5, 0.6) is 0 Å². The third-order valence-corrected chi connectivity index (χ3v) is 2.77. The highest BCUT2D eigenvalue weighted by Gasteiger charge is 1.93. The van der Waals surface area contributed by atoms with Crippen molar-refractivity contribution in [1.82, 2.24) is 14.7 Å². The minimum Gasteiger partial charge on any atom is -0.317 e. The summed E-state index contributed by atoms with van der Waals surface area (Å²) >= 11 is 1.65. The molecule has 0 aliphatic carbocycles. The van der Waals surface area contributed by atoms with E-state index in [4.69, 9.17) is 0 Å². The van der Waals surface area contributed by atoms with Crippen LogP contribution in [0.25, 0.3) is 4.96 Å². The summed E-state index contributed by atoms with van der Waals surface area (Å²) in [7, 11) is 0. The van der Waals surface area contributed by atoms with Gasteiger partial charge in [-0.2, -0.15) is 0 Å². The fourth-order valence-corrected chi connectivity index (χ4v) is 1.96. The van der Waals surface area contributed by atoms with E-state index in [-0.39, 0.29) is 0 Å². The predicted octanol–water partition coefficient (Wildman–Crippen LogP) is 3.04. The summed E-state index contributed by atoms with van der Waals surface area (Å²) < 4.78 is 1.99. The van der Waals surface area contributed by atoms with E-state index in [0.717, 1.165) is 4.96 Å². The first kappa shape index (κ1) is 15.7. The van der Waals surface area contributed by atoms with Crippen molar-refractivity contribution < 1.29 is 0 Å². The molecular formula is C13H21N3S. The van der Waals surface area contributed by atoms with Crippen LogP contribution in [0.1, 0.15) is 26.7 Å². The van der Waals surface area contributed by atoms with Crippen LogP contribution in [0.15, 0.2) is 24.0 Å². The molecule has 0 spiro atoms. The minimum atomic E-state index is 1.06. The molecule has 1 aliphatic rings. The van der Waals surface area contributed by atoms with Crippen molar-refractivity contribution in [1.29, 1.82) is 0 Å². The topological polar surface area (TPSA) is 29.3 Å². The average Bonchev–Trinajstić information content (AvgIpc) is 3.13. The first-order valence-corrected chi connectivity index (χ1v) is 6.75. The molecule has 0 unspecified atom stereocenters. The van der Waals surface area contributed by atoms with Gasteiger partial charge >= 0.3 is 0 Å². The molecular weight excluding hydrogens is 230 g/mol. The highest BCUT2D eigenvalue weighted by atomic mass is 32.1. The summed E-state index contributed by atoms with van der Waals surface area (Å²) in [6, 6.07) is 0. The predicted molar refractivity (Wildman–Crippen MR) is 76.4 cm³/mol. The number of nitrogens with zero attached hydrogens (tertiary/aromatic N) is 2. The maximum absolute atomic E-state index is 4.06. The summed E-state index contributed by atoms with van der Waals surface area (Å²) in [5.74, 6) is 0. The Morgan fingerprint density at radius 2 is 1.88 bits per heavy atom. The second kappa shape index (κ2) is 11.2.